The normalized spacial score (nSPS) is 19.2. The molecule has 0 aromatic carbocycles. The van der Waals surface area contributed by atoms with Crippen LogP contribution in [0.3, 0.4) is 0 Å². The number of hydrogen-bond acceptors (Lipinski definition) is 5. The smallest absolute Gasteiger partial charge is 0.246 e. The first-order chi connectivity index (χ1) is 10.9. The first kappa shape index (κ1) is 16.4. The van der Waals surface area contributed by atoms with Gasteiger partial charge in [-0.3, -0.25) is 5.10 Å². The van der Waals surface area contributed by atoms with Crippen LogP contribution in [0.5, 0.6) is 5.88 Å². The molecule has 0 saturated carbocycles. The van der Waals surface area contributed by atoms with Gasteiger partial charge in [-0.05, 0) is 42.3 Å². The van der Waals surface area contributed by atoms with Gasteiger partial charge in [0.15, 0.2) is 0 Å². The zero-order chi connectivity index (χ0) is 16.6. The summed E-state index contributed by atoms with van der Waals surface area (Å²) in [7, 11) is -3.56. The molecular weight excluding hydrogens is 384 g/mol. The lowest BCUT2D eigenvalue weighted by Crippen LogP contribution is -2.31. The molecule has 23 heavy (non-hydrogen) atoms. The van der Waals surface area contributed by atoms with Crippen molar-refractivity contribution in [2.24, 2.45) is 0 Å². The number of H-pyrrole nitrogens is 1. The number of halogens is 1. The molecule has 3 heterocycles. The van der Waals surface area contributed by atoms with Crippen LogP contribution in [0, 0.1) is 13.8 Å². The number of hydrogen-bond donors (Lipinski definition) is 1. The summed E-state index contributed by atoms with van der Waals surface area (Å²) in [4.78, 5) is 4.42. The molecule has 0 bridgehead atoms. The van der Waals surface area contributed by atoms with Crippen LogP contribution in [0.15, 0.2) is 27.7 Å². The minimum absolute atomic E-state index is 0.203. The molecule has 1 unspecified atom stereocenters. The first-order valence-electron chi connectivity index (χ1n) is 7.18. The lowest BCUT2D eigenvalue weighted by Gasteiger charge is -2.17. The van der Waals surface area contributed by atoms with E-state index >= 15 is 0 Å². The lowest BCUT2D eigenvalue weighted by molar-refractivity contribution is 0.207. The summed E-state index contributed by atoms with van der Waals surface area (Å²) in [6.07, 6.45) is 2.08. The van der Waals surface area contributed by atoms with Crippen LogP contribution < -0.4 is 4.74 Å². The summed E-state index contributed by atoms with van der Waals surface area (Å²) in [6.45, 7) is 4.13. The Labute approximate surface area is 143 Å². The predicted octanol–water partition coefficient (Wildman–Crippen LogP) is 2.03. The van der Waals surface area contributed by atoms with Gasteiger partial charge in [-0.1, -0.05) is 0 Å². The van der Waals surface area contributed by atoms with Crippen molar-refractivity contribution in [2.75, 3.05) is 13.1 Å². The number of pyridine rings is 1. The van der Waals surface area contributed by atoms with Crippen molar-refractivity contribution in [3.63, 3.8) is 0 Å². The molecule has 2 aromatic heterocycles. The van der Waals surface area contributed by atoms with E-state index in [4.69, 9.17) is 4.74 Å². The number of sulfonamides is 1. The first-order valence-corrected chi connectivity index (χ1v) is 9.41. The number of aromatic amines is 1. The van der Waals surface area contributed by atoms with Crippen LogP contribution in [-0.4, -0.2) is 47.1 Å². The topological polar surface area (TPSA) is 88.2 Å². The van der Waals surface area contributed by atoms with Crippen molar-refractivity contribution in [2.45, 2.75) is 31.3 Å². The summed E-state index contributed by atoms with van der Waals surface area (Å²) in [6, 6.07) is 3.59. The molecule has 1 aliphatic heterocycles. The van der Waals surface area contributed by atoms with E-state index in [1.807, 2.05) is 6.07 Å². The van der Waals surface area contributed by atoms with Crippen molar-refractivity contribution in [1.82, 2.24) is 19.5 Å². The number of rotatable bonds is 4. The van der Waals surface area contributed by atoms with Crippen molar-refractivity contribution < 1.29 is 13.2 Å². The maximum absolute atomic E-state index is 12.8. The third kappa shape index (κ3) is 3.26. The molecule has 0 radical (unpaired) electrons. The van der Waals surface area contributed by atoms with Gasteiger partial charge in [0.1, 0.15) is 11.0 Å². The molecule has 3 rings (SSSR count). The largest absolute Gasteiger partial charge is 0.473 e. The van der Waals surface area contributed by atoms with Crippen LogP contribution in [0.25, 0.3) is 0 Å². The van der Waals surface area contributed by atoms with Crippen LogP contribution >= 0.6 is 15.9 Å². The van der Waals surface area contributed by atoms with Gasteiger partial charge in [0.05, 0.1) is 17.9 Å². The molecule has 0 amide bonds. The molecule has 2 aromatic rings. The highest BCUT2D eigenvalue weighted by Crippen LogP contribution is 2.26. The summed E-state index contributed by atoms with van der Waals surface area (Å²) in [5.74, 6) is 0.494. The van der Waals surface area contributed by atoms with Gasteiger partial charge in [0, 0.05) is 23.3 Å². The monoisotopic (exact) mass is 400 g/mol. The van der Waals surface area contributed by atoms with E-state index in [-0.39, 0.29) is 11.0 Å². The Morgan fingerprint density at radius 1 is 1.39 bits per heavy atom. The SMILES string of the molecule is Cc1n[nH]c(C)c1S(=O)(=O)N1CCC(Oc2ccc(Br)cn2)C1. The molecule has 7 nitrogen and oxygen atoms in total. The molecule has 0 spiro atoms. The number of ether oxygens (including phenoxy) is 1. The Hall–Kier alpha value is -1.45. The Kier molecular flexibility index (Phi) is 4.43. The maximum atomic E-state index is 12.8. The van der Waals surface area contributed by atoms with Crippen molar-refractivity contribution in [3.05, 3.63) is 34.2 Å². The van der Waals surface area contributed by atoms with Gasteiger partial charge in [-0.2, -0.15) is 9.40 Å². The van der Waals surface area contributed by atoms with E-state index in [9.17, 15) is 8.42 Å². The Bertz CT molecular complexity index is 784. The average Bonchev–Trinajstić information content (AvgIpc) is 3.09. The van der Waals surface area contributed by atoms with Crippen LogP contribution in [0.1, 0.15) is 17.8 Å². The second-order valence-electron chi connectivity index (χ2n) is 5.47. The van der Waals surface area contributed by atoms with E-state index in [1.54, 1.807) is 26.1 Å². The Morgan fingerprint density at radius 2 is 2.17 bits per heavy atom. The highest BCUT2D eigenvalue weighted by atomic mass is 79.9. The molecule has 9 heteroatoms. The lowest BCUT2D eigenvalue weighted by atomic mass is 10.3. The summed E-state index contributed by atoms with van der Waals surface area (Å²) < 4.78 is 33.6. The molecule has 124 valence electrons. The zero-order valence-electron chi connectivity index (χ0n) is 12.8. The highest BCUT2D eigenvalue weighted by Gasteiger charge is 2.36. The number of aromatic nitrogens is 3. The van der Waals surface area contributed by atoms with E-state index < -0.39 is 10.0 Å². The molecular formula is C14H17BrN4O3S. The fourth-order valence-corrected chi connectivity index (χ4v) is 4.72. The second-order valence-corrected chi connectivity index (χ2v) is 8.26. The van der Waals surface area contributed by atoms with Gasteiger partial charge in [-0.15, -0.1) is 0 Å². The highest BCUT2D eigenvalue weighted by molar-refractivity contribution is 9.10. The van der Waals surface area contributed by atoms with Crippen LogP contribution in [0.4, 0.5) is 0 Å². The van der Waals surface area contributed by atoms with Crippen molar-refractivity contribution in [1.29, 1.82) is 0 Å². The van der Waals surface area contributed by atoms with Gasteiger partial charge >= 0.3 is 0 Å². The quantitative estimate of drug-likeness (QED) is 0.847. The third-order valence-electron chi connectivity index (χ3n) is 3.75. The molecule has 1 saturated heterocycles. The van der Waals surface area contributed by atoms with Gasteiger partial charge in [0.25, 0.3) is 0 Å². The second kappa shape index (κ2) is 6.21. The zero-order valence-corrected chi connectivity index (χ0v) is 15.2. The Balaban J connectivity index is 1.73. The number of nitrogens with zero attached hydrogens (tertiary/aromatic N) is 3. The van der Waals surface area contributed by atoms with Crippen molar-refractivity contribution >= 4 is 26.0 Å². The molecule has 1 N–H and O–H groups in total. The molecule has 1 fully saturated rings. The standard InChI is InChI=1S/C14H17BrN4O3S/c1-9-14(10(2)18-17-9)23(20,21)19-6-5-12(8-19)22-13-4-3-11(15)7-16-13/h3-4,7,12H,5-6,8H2,1-2H3,(H,17,18). The average molecular weight is 401 g/mol. The number of nitrogens with one attached hydrogen (secondary N) is 1. The third-order valence-corrected chi connectivity index (χ3v) is 6.35. The fourth-order valence-electron chi connectivity index (χ4n) is 2.66. The minimum Gasteiger partial charge on any atom is -0.473 e. The van der Waals surface area contributed by atoms with Gasteiger partial charge in [0.2, 0.25) is 15.9 Å². The summed E-state index contributed by atoms with van der Waals surface area (Å²) in [5.41, 5.74) is 1.04. The van der Waals surface area contributed by atoms with Crippen LogP contribution in [0.2, 0.25) is 0 Å². The van der Waals surface area contributed by atoms with Gasteiger partial charge in [-0.25, -0.2) is 13.4 Å². The maximum Gasteiger partial charge on any atom is 0.246 e. The predicted molar refractivity (Wildman–Crippen MR) is 87.8 cm³/mol. The summed E-state index contributed by atoms with van der Waals surface area (Å²) in [5, 5.41) is 6.69. The summed E-state index contributed by atoms with van der Waals surface area (Å²) >= 11 is 3.31. The van der Waals surface area contributed by atoms with E-state index in [0.29, 0.717) is 36.8 Å². The van der Waals surface area contributed by atoms with Crippen LogP contribution in [-0.2, 0) is 10.0 Å². The number of aryl methyl sites for hydroxylation is 2. The fraction of sp³-hybridized carbons (Fsp3) is 0.429. The molecule has 1 aliphatic rings. The van der Waals surface area contributed by atoms with E-state index in [2.05, 4.69) is 31.1 Å². The van der Waals surface area contributed by atoms with Crippen molar-refractivity contribution in [3.8, 4) is 5.88 Å². The van der Waals surface area contributed by atoms with E-state index in [0.717, 1.165) is 4.47 Å². The molecule has 1 atom stereocenters. The Morgan fingerprint density at radius 3 is 2.78 bits per heavy atom. The minimum atomic E-state index is -3.56. The van der Waals surface area contributed by atoms with Gasteiger partial charge < -0.3 is 4.74 Å². The molecule has 0 aliphatic carbocycles. The van der Waals surface area contributed by atoms with E-state index in [1.165, 1.54) is 4.31 Å².